The number of non-ortho nitro benzene ring substituents is 1. The number of nitro benzene ring substituents is 1. The zero-order valence-corrected chi connectivity index (χ0v) is 8.75. The maximum Gasteiger partial charge on any atom is 0.302 e. The van der Waals surface area contributed by atoms with E-state index in [1.165, 1.54) is 19.1 Å². The number of hydrogen-bond acceptors (Lipinski definition) is 4. The van der Waals surface area contributed by atoms with Gasteiger partial charge in [-0.3, -0.25) is 14.9 Å². The number of nitrogens with zero attached hydrogens (tertiary/aromatic N) is 1. The summed E-state index contributed by atoms with van der Waals surface area (Å²) < 4.78 is 4.68. The molecule has 0 atom stereocenters. The quantitative estimate of drug-likeness (QED) is 0.444. The van der Waals surface area contributed by atoms with Gasteiger partial charge in [-0.05, 0) is 11.6 Å². The normalized spacial score (nSPS) is 10.3. The first kappa shape index (κ1) is 11.9. The molecule has 5 heteroatoms. The van der Waals surface area contributed by atoms with E-state index >= 15 is 0 Å². The van der Waals surface area contributed by atoms with Gasteiger partial charge in [0.05, 0.1) is 4.92 Å². The molecule has 0 bridgehead atoms. The predicted molar refractivity (Wildman–Crippen MR) is 58.8 cm³/mol. The van der Waals surface area contributed by atoms with Gasteiger partial charge in [-0.25, -0.2) is 0 Å². The van der Waals surface area contributed by atoms with E-state index in [1.54, 1.807) is 24.3 Å². The Hall–Kier alpha value is -2.17. The highest BCUT2D eigenvalue weighted by molar-refractivity contribution is 5.66. The summed E-state index contributed by atoms with van der Waals surface area (Å²) in [6.45, 7) is 1.49. The lowest BCUT2D eigenvalue weighted by Crippen LogP contribution is -1.97. The van der Waals surface area contributed by atoms with Crippen molar-refractivity contribution in [3.05, 3.63) is 46.0 Å². The zero-order chi connectivity index (χ0) is 12.0. The lowest BCUT2D eigenvalue weighted by atomic mass is 10.2. The van der Waals surface area contributed by atoms with E-state index in [9.17, 15) is 14.9 Å². The molecule has 0 spiro atoms. The second kappa shape index (κ2) is 5.65. The van der Waals surface area contributed by atoms with Crippen LogP contribution in [0.4, 0.5) is 5.69 Å². The molecule has 0 saturated carbocycles. The number of nitro groups is 1. The van der Waals surface area contributed by atoms with E-state index in [-0.39, 0.29) is 18.3 Å². The van der Waals surface area contributed by atoms with Crippen molar-refractivity contribution in [1.29, 1.82) is 0 Å². The number of carbonyl (C=O) groups excluding carboxylic acids is 1. The monoisotopic (exact) mass is 221 g/mol. The first-order chi connectivity index (χ1) is 7.59. The van der Waals surface area contributed by atoms with Gasteiger partial charge >= 0.3 is 5.97 Å². The highest BCUT2D eigenvalue weighted by Crippen LogP contribution is 2.13. The Morgan fingerprint density at radius 2 is 2.31 bits per heavy atom. The van der Waals surface area contributed by atoms with Crippen molar-refractivity contribution in [3.63, 3.8) is 0 Å². The molecule has 0 aromatic heterocycles. The maximum absolute atomic E-state index is 10.5. The van der Waals surface area contributed by atoms with Crippen LogP contribution in [0.5, 0.6) is 0 Å². The molecule has 84 valence electrons. The maximum atomic E-state index is 10.5. The summed E-state index contributed by atoms with van der Waals surface area (Å²) in [4.78, 5) is 20.5. The van der Waals surface area contributed by atoms with Crippen LogP contribution in [0.25, 0.3) is 6.08 Å². The molecule has 16 heavy (non-hydrogen) atoms. The molecule has 0 aliphatic rings. The van der Waals surface area contributed by atoms with Crippen LogP contribution in [0.2, 0.25) is 0 Å². The van der Waals surface area contributed by atoms with Crippen LogP contribution in [-0.2, 0) is 9.53 Å². The molecule has 0 saturated heterocycles. The fraction of sp³-hybridized carbons (Fsp3) is 0.182. The largest absolute Gasteiger partial charge is 0.462 e. The summed E-state index contributed by atoms with van der Waals surface area (Å²) in [7, 11) is 0. The van der Waals surface area contributed by atoms with Gasteiger partial charge in [0.2, 0.25) is 0 Å². The van der Waals surface area contributed by atoms with Crippen molar-refractivity contribution >= 4 is 17.7 Å². The van der Waals surface area contributed by atoms with Gasteiger partial charge in [0.25, 0.3) is 5.69 Å². The minimum Gasteiger partial charge on any atom is -0.462 e. The number of hydrogen-bond donors (Lipinski definition) is 0. The van der Waals surface area contributed by atoms with Crippen molar-refractivity contribution in [1.82, 2.24) is 0 Å². The molecule has 1 aromatic carbocycles. The highest BCUT2D eigenvalue weighted by Gasteiger charge is 2.03. The predicted octanol–water partition coefficient (Wildman–Crippen LogP) is 2.17. The molecule has 1 aromatic rings. The molecule has 0 unspecified atom stereocenters. The van der Waals surface area contributed by atoms with Gasteiger partial charge in [0.1, 0.15) is 6.61 Å². The first-order valence-corrected chi connectivity index (χ1v) is 4.64. The van der Waals surface area contributed by atoms with Crippen molar-refractivity contribution in [2.24, 2.45) is 0 Å². The fourth-order valence-corrected chi connectivity index (χ4v) is 1.09. The highest BCUT2D eigenvalue weighted by atomic mass is 16.6. The molecule has 0 aliphatic carbocycles. The van der Waals surface area contributed by atoms with Gasteiger partial charge in [0.15, 0.2) is 0 Å². The first-order valence-electron chi connectivity index (χ1n) is 4.64. The minimum atomic E-state index is -0.455. The molecule has 0 heterocycles. The Morgan fingerprint density at radius 1 is 1.56 bits per heavy atom. The van der Waals surface area contributed by atoms with Crippen molar-refractivity contribution in [2.75, 3.05) is 6.61 Å². The Labute approximate surface area is 92.5 Å². The van der Waals surface area contributed by atoms with Crippen molar-refractivity contribution < 1.29 is 14.5 Å². The number of ether oxygens (including phenoxy) is 1. The molecule has 0 fully saturated rings. The van der Waals surface area contributed by atoms with Crippen LogP contribution in [0.3, 0.4) is 0 Å². The number of benzene rings is 1. The second-order valence-corrected chi connectivity index (χ2v) is 3.06. The third-order valence-electron chi connectivity index (χ3n) is 1.77. The summed E-state index contributed by atoms with van der Waals surface area (Å²) in [5, 5.41) is 10.5. The minimum absolute atomic E-state index is 0.0367. The van der Waals surface area contributed by atoms with Crippen LogP contribution in [-0.4, -0.2) is 17.5 Å². The molecule has 0 radical (unpaired) electrons. The van der Waals surface area contributed by atoms with Crippen molar-refractivity contribution in [3.8, 4) is 0 Å². The van der Waals surface area contributed by atoms with Gasteiger partial charge in [-0.2, -0.15) is 0 Å². The van der Waals surface area contributed by atoms with Crippen LogP contribution in [0.1, 0.15) is 12.5 Å². The lowest BCUT2D eigenvalue weighted by Gasteiger charge is -1.96. The second-order valence-electron chi connectivity index (χ2n) is 3.06. The Morgan fingerprint density at radius 3 is 2.94 bits per heavy atom. The van der Waals surface area contributed by atoms with E-state index in [0.29, 0.717) is 5.56 Å². The van der Waals surface area contributed by atoms with Crippen LogP contribution in [0, 0.1) is 10.1 Å². The van der Waals surface area contributed by atoms with E-state index < -0.39 is 4.92 Å². The number of carbonyl (C=O) groups is 1. The number of esters is 1. The molecule has 1 rings (SSSR count). The summed E-state index contributed by atoms with van der Waals surface area (Å²) in [5.74, 6) is -0.358. The summed E-state index contributed by atoms with van der Waals surface area (Å²) in [6.07, 6.45) is 3.29. The average Bonchev–Trinajstić information content (AvgIpc) is 2.24. The zero-order valence-electron chi connectivity index (χ0n) is 8.75. The molecule has 0 aliphatic heterocycles. The summed E-state index contributed by atoms with van der Waals surface area (Å²) in [5.41, 5.74) is 0.732. The third kappa shape index (κ3) is 3.91. The lowest BCUT2D eigenvalue weighted by molar-refractivity contribution is -0.384. The Kier molecular flexibility index (Phi) is 4.20. The van der Waals surface area contributed by atoms with Crippen LogP contribution < -0.4 is 0 Å². The summed E-state index contributed by atoms with van der Waals surface area (Å²) in [6, 6.07) is 6.20. The van der Waals surface area contributed by atoms with Gasteiger partial charge < -0.3 is 4.74 Å². The SMILES string of the molecule is CC(=O)OC/C=C/c1cccc([N+](=O)[O-])c1. The molecule has 0 amide bonds. The molecular formula is C11H11NO4. The smallest absolute Gasteiger partial charge is 0.302 e. The summed E-state index contributed by atoms with van der Waals surface area (Å²) >= 11 is 0. The molecule has 5 nitrogen and oxygen atoms in total. The van der Waals surface area contributed by atoms with E-state index in [4.69, 9.17) is 0 Å². The molecular weight excluding hydrogens is 210 g/mol. The van der Waals surface area contributed by atoms with Crippen LogP contribution in [0.15, 0.2) is 30.3 Å². The third-order valence-corrected chi connectivity index (χ3v) is 1.77. The fourth-order valence-electron chi connectivity index (χ4n) is 1.09. The van der Waals surface area contributed by atoms with Gasteiger partial charge in [-0.1, -0.05) is 18.2 Å². The van der Waals surface area contributed by atoms with Gasteiger partial charge in [-0.15, -0.1) is 0 Å². The topological polar surface area (TPSA) is 69.4 Å². The average molecular weight is 221 g/mol. The van der Waals surface area contributed by atoms with E-state index in [1.807, 2.05) is 0 Å². The van der Waals surface area contributed by atoms with Crippen molar-refractivity contribution in [2.45, 2.75) is 6.92 Å². The van der Waals surface area contributed by atoms with Gasteiger partial charge in [0, 0.05) is 19.1 Å². The Balaban J connectivity index is 2.63. The van der Waals surface area contributed by atoms with Crippen LogP contribution >= 0.6 is 0 Å². The van der Waals surface area contributed by atoms with E-state index in [2.05, 4.69) is 4.74 Å². The van der Waals surface area contributed by atoms with E-state index in [0.717, 1.165) is 0 Å². The standard InChI is InChI=1S/C11H11NO4/c1-9(13)16-7-3-5-10-4-2-6-11(8-10)12(14)15/h2-6,8H,7H2,1H3/b5-3+. The molecule has 0 N–H and O–H groups in total. The number of rotatable bonds is 4. The Bertz CT molecular complexity index is 426.